The zero-order chi connectivity index (χ0) is 27.1. The maximum atomic E-state index is 12.0. The molecule has 11 nitrogen and oxygen atoms in total. The minimum absolute atomic E-state index is 0.223. The van der Waals surface area contributed by atoms with E-state index in [1.54, 1.807) is 34.5 Å². The summed E-state index contributed by atoms with van der Waals surface area (Å²) in [5, 5.41) is 6.46. The number of hydrogen-bond donors (Lipinski definition) is 0. The van der Waals surface area contributed by atoms with Gasteiger partial charge in [0.1, 0.15) is 17.0 Å². The second-order valence-corrected chi connectivity index (χ2v) is 9.61. The Labute approximate surface area is 223 Å². The molecular weight excluding hydrogens is 508 g/mol. The molecule has 3 aromatic heterocycles. The lowest BCUT2D eigenvalue weighted by molar-refractivity contribution is -0.159. The van der Waals surface area contributed by atoms with Crippen molar-refractivity contribution < 1.29 is 14.1 Å². The van der Waals surface area contributed by atoms with E-state index in [0.717, 1.165) is 17.8 Å². The predicted octanol–water partition coefficient (Wildman–Crippen LogP) is 2.34. The van der Waals surface area contributed by atoms with Gasteiger partial charge in [0.25, 0.3) is 0 Å². The van der Waals surface area contributed by atoms with E-state index in [-0.39, 0.29) is 18.4 Å². The molecule has 3 aromatic rings. The monoisotopic (exact) mass is 538 g/mol. The molecule has 1 saturated carbocycles. The molecule has 0 spiro atoms. The van der Waals surface area contributed by atoms with Crippen molar-refractivity contribution in [2.24, 2.45) is 0 Å². The molecule has 0 aromatic carbocycles. The molecule has 200 valence electrons. The van der Waals surface area contributed by atoms with Gasteiger partial charge >= 0.3 is 22.9 Å². The zero-order valence-electron chi connectivity index (χ0n) is 21.4. The van der Waals surface area contributed by atoms with E-state index in [1.165, 1.54) is 33.2 Å². The van der Waals surface area contributed by atoms with E-state index in [1.807, 2.05) is 25.3 Å². The topological polar surface area (TPSA) is 124 Å². The highest BCUT2D eigenvalue weighted by Crippen LogP contribution is 2.26. The summed E-state index contributed by atoms with van der Waals surface area (Å²) in [7, 11) is 0. The standard InChI is InChI=1S/C12H9N3O3.C12H15N3O2S.C2H6/c16-11-12(17)15(10-2-1-3-10)6-5-14(11)8-9-4-7-18-13-9;16-11-12(17)15(9-2-1-3-9)6-5-14(11)8-10-13-4-7-18-10;1-2/h1,4-7H,2,8H2;4,7,9H,1-3,5-6,8H2;1-2H3. The second kappa shape index (κ2) is 12.5. The van der Waals surface area contributed by atoms with Crippen LogP contribution in [-0.4, -0.2) is 60.0 Å². The van der Waals surface area contributed by atoms with E-state index in [4.69, 9.17) is 0 Å². The van der Waals surface area contributed by atoms with Gasteiger partial charge in [-0.3, -0.25) is 23.7 Å². The Hall–Kier alpha value is -4.02. The van der Waals surface area contributed by atoms with Crippen LogP contribution in [-0.2, 0) is 22.7 Å². The lowest BCUT2D eigenvalue weighted by Crippen LogP contribution is -2.58. The number of carbonyl (C=O) groups is 2. The Kier molecular flexibility index (Phi) is 8.88. The van der Waals surface area contributed by atoms with Crippen LogP contribution in [0.3, 0.4) is 0 Å². The van der Waals surface area contributed by atoms with Crippen molar-refractivity contribution in [2.75, 3.05) is 13.1 Å². The molecular formula is C26H30N6O5S. The molecule has 12 heteroatoms. The SMILES string of the molecule is CC.O=C1C(=O)N(C2CCC2)CCN1Cc1nccs1.O=c1c(=O)n(C2=C=CC2)ccn1Cc1ccon1. The van der Waals surface area contributed by atoms with Gasteiger partial charge in [0, 0.05) is 55.6 Å². The smallest absolute Gasteiger partial charge is 0.321 e. The Morgan fingerprint density at radius 1 is 1.05 bits per heavy atom. The maximum Gasteiger partial charge on any atom is 0.321 e. The van der Waals surface area contributed by atoms with Crippen molar-refractivity contribution in [1.29, 1.82) is 0 Å². The van der Waals surface area contributed by atoms with Crippen molar-refractivity contribution >= 4 is 28.8 Å². The summed E-state index contributed by atoms with van der Waals surface area (Å²) in [5.41, 5.74) is 3.03. The number of allylic oxidation sites excluding steroid dienone is 1. The van der Waals surface area contributed by atoms with Crippen LogP contribution in [0.1, 0.15) is 50.2 Å². The van der Waals surface area contributed by atoms with E-state index >= 15 is 0 Å². The number of piperazine rings is 1. The number of hydrogen-bond acceptors (Lipinski definition) is 8. The van der Waals surface area contributed by atoms with Crippen LogP contribution in [0, 0.1) is 0 Å². The van der Waals surface area contributed by atoms with E-state index < -0.39 is 11.1 Å². The first-order chi connectivity index (χ1) is 18.5. The van der Waals surface area contributed by atoms with Crippen molar-refractivity contribution in [2.45, 2.75) is 58.7 Å². The third kappa shape index (κ3) is 5.92. The largest absolute Gasteiger partial charge is 0.364 e. The van der Waals surface area contributed by atoms with E-state index in [2.05, 4.69) is 20.4 Å². The number of amides is 2. The fourth-order valence-electron chi connectivity index (χ4n) is 4.08. The highest BCUT2D eigenvalue weighted by atomic mass is 32.1. The van der Waals surface area contributed by atoms with Gasteiger partial charge in [0.2, 0.25) is 0 Å². The van der Waals surface area contributed by atoms with Crippen LogP contribution >= 0.6 is 11.3 Å². The van der Waals surface area contributed by atoms with Gasteiger partial charge < -0.3 is 18.9 Å². The fourth-order valence-corrected chi connectivity index (χ4v) is 4.71. The first-order valence-corrected chi connectivity index (χ1v) is 13.5. The molecule has 2 amide bonds. The maximum absolute atomic E-state index is 12.0. The Bertz CT molecular complexity index is 1430. The molecule has 3 aliphatic rings. The van der Waals surface area contributed by atoms with Crippen molar-refractivity contribution in [3.8, 4) is 0 Å². The molecule has 2 aliphatic carbocycles. The summed E-state index contributed by atoms with van der Waals surface area (Å²) < 4.78 is 7.30. The van der Waals surface area contributed by atoms with Gasteiger partial charge in [0.05, 0.1) is 18.8 Å². The summed E-state index contributed by atoms with van der Waals surface area (Å²) in [6.07, 6.45) is 12.0. The Morgan fingerprint density at radius 2 is 1.84 bits per heavy atom. The molecule has 1 aliphatic heterocycles. The van der Waals surface area contributed by atoms with Gasteiger partial charge in [-0.05, 0) is 25.3 Å². The normalized spacial score (nSPS) is 16.5. The summed E-state index contributed by atoms with van der Waals surface area (Å²) in [6, 6.07) is 1.96. The zero-order valence-corrected chi connectivity index (χ0v) is 22.2. The predicted molar refractivity (Wildman–Crippen MR) is 141 cm³/mol. The molecule has 38 heavy (non-hydrogen) atoms. The van der Waals surface area contributed by atoms with Crippen LogP contribution in [0.2, 0.25) is 0 Å². The van der Waals surface area contributed by atoms with Gasteiger partial charge in [-0.1, -0.05) is 19.0 Å². The Morgan fingerprint density at radius 3 is 2.42 bits per heavy atom. The van der Waals surface area contributed by atoms with Crippen LogP contribution in [0.4, 0.5) is 0 Å². The molecule has 0 atom stereocenters. The third-order valence-corrected chi connectivity index (χ3v) is 7.17. The van der Waals surface area contributed by atoms with Crippen molar-refractivity contribution in [1.82, 2.24) is 29.1 Å². The number of rotatable bonds is 6. The van der Waals surface area contributed by atoms with Crippen LogP contribution in [0.15, 0.2) is 62.2 Å². The van der Waals surface area contributed by atoms with Crippen LogP contribution in [0.5, 0.6) is 0 Å². The molecule has 4 heterocycles. The van der Waals surface area contributed by atoms with E-state index in [9.17, 15) is 19.2 Å². The van der Waals surface area contributed by atoms with Gasteiger partial charge in [-0.25, -0.2) is 4.98 Å². The highest BCUT2D eigenvalue weighted by molar-refractivity contribution is 7.09. The lowest BCUT2D eigenvalue weighted by atomic mass is 9.91. The Balaban J connectivity index is 0.000000166. The summed E-state index contributed by atoms with van der Waals surface area (Å²) in [5.74, 6) is -0.703. The number of thiazole rings is 1. The average molecular weight is 539 g/mol. The van der Waals surface area contributed by atoms with Gasteiger partial charge in [-0.15, -0.1) is 17.1 Å². The van der Waals surface area contributed by atoms with Gasteiger partial charge in [-0.2, -0.15) is 0 Å². The molecule has 0 bridgehead atoms. The summed E-state index contributed by atoms with van der Waals surface area (Å²) in [6.45, 7) is 5.97. The van der Waals surface area contributed by atoms with E-state index in [0.29, 0.717) is 43.5 Å². The van der Waals surface area contributed by atoms with Crippen LogP contribution in [0.25, 0.3) is 5.70 Å². The lowest BCUT2D eigenvalue weighted by Gasteiger charge is -2.41. The van der Waals surface area contributed by atoms with Gasteiger partial charge in [0.15, 0.2) is 0 Å². The number of nitrogens with zero attached hydrogens (tertiary/aromatic N) is 6. The molecule has 1 saturated heterocycles. The average Bonchev–Trinajstić information content (AvgIpc) is 3.57. The highest BCUT2D eigenvalue weighted by Gasteiger charge is 2.38. The first-order valence-electron chi connectivity index (χ1n) is 12.7. The molecule has 0 N–H and O–H groups in total. The molecule has 0 unspecified atom stereocenters. The quantitative estimate of drug-likeness (QED) is 0.349. The second-order valence-electron chi connectivity index (χ2n) is 8.63. The molecule has 6 rings (SSSR count). The summed E-state index contributed by atoms with van der Waals surface area (Å²) >= 11 is 1.51. The van der Waals surface area contributed by atoms with Crippen molar-refractivity contribution in [3.63, 3.8) is 0 Å². The minimum Gasteiger partial charge on any atom is -0.364 e. The summed E-state index contributed by atoms with van der Waals surface area (Å²) in [4.78, 5) is 55.3. The third-order valence-electron chi connectivity index (χ3n) is 6.40. The minimum atomic E-state index is -0.582. The molecule has 0 radical (unpaired) electrons. The number of aromatic nitrogens is 4. The fraction of sp³-hybridized carbons (Fsp3) is 0.423. The van der Waals surface area contributed by atoms with Crippen LogP contribution < -0.4 is 11.1 Å². The number of carbonyl (C=O) groups excluding carboxylic acids is 2. The molecule has 2 fully saturated rings. The van der Waals surface area contributed by atoms with Crippen molar-refractivity contribution in [3.05, 3.63) is 79.5 Å². The first kappa shape index (κ1) is 27.0.